The molecule has 1 aliphatic heterocycles. The fraction of sp³-hybridized carbons (Fsp3) is 0.833. The molecular formula is C12H20N2O4. The van der Waals surface area contributed by atoms with Gasteiger partial charge in [-0.3, -0.25) is 9.59 Å². The molecule has 0 aromatic carbocycles. The summed E-state index contributed by atoms with van der Waals surface area (Å²) in [5.41, 5.74) is 5.01. The highest BCUT2D eigenvalue weighted by atomic mass is 16.5. The molecular weight excluding hydrogens is 236 g/mol. The number of hydrogen-bond donors (Lipinski definition) is 2. The van der Waals surface area contributed by atoms with Gasteiger partial charge in [-0.25, -0.2) is 0 Å². The third-order valence-electron chi connectivity index (χ3n) is 3.81. The van der Waals surface area contributed by atoms with E-state index in [1.807, 2.05) is 0 Å². The molecule has 0 aromatic rings. The van der Waals surface area contributed by atoms with Gasteiger partial charge in [-0.2, -0.15) is 0 Å². The Hall–Kier alpha value is -1.14. The van der Waals surface area contributed by atoms with Crippen LogP contribution in [0, 0.1) is 0 Å². The van der Waals surface area contributed by atoms with Crippen LogP contribution in [0.3, 0.4) is 0 Å². The van der Waals surface area contributed by atoms with E-state index < -0.39 is 11.5 Å². The van der Waals surface area contributed by atoms with Crippen molar-refractivity contribution in [2.45, 2.75) is 43.7 Å². The maximum Gasteiger partial charge on any atom is 0.323 e. The largest absolute Gasteiger partial charge is 0.480 e. The minimum absolute atomic E-state index is 0.0228. The topological polar surface area (TPSA) is 92.9 Å². The second-order valence-electron chi connectivity index (χ2n) is 5.22. The van der Waals surface area contributed by atoms with Crippen LogP contribution in [0.2, 0.25) is 0 Å². The zero-order chi connectivity index (χ0) is 13.2. The zero-order valence-electron chi connectivity index (χ0n) is 10.4. The van der Waals surface area contributed by atoms with E-state index in [9.17, 15) is 9.59 Å². The lowest BCUT2D eigenvalue weighted by Crippen LogP contribution is -2.59. The Balaban J connectivity index is 2.11. The fourth-order valence-electron chi connectivity index (χ4n) is 2.76. The lowest BCUT2D eigenvalue weighted by molar-refractivity contribution is -0.149. The summed E-state index contributed by atoms with van der Waals surface area (Å²) in [6, 6.07) is 0.0228. The first-order valence-electron chi connectivity index (χ1n) is 6.42. The fourth-order valence-corrected chi connectivity index (χ4v) is 2.76. The average Bonchev–Trinajstić information content (AvgIpc) is 2.96. The molecule has 1 saturated heterocycles. The molecule has 0 radical (unpaired) electrons. The predicted octanol–water partition coefficient (Wildman–Crippen LogP) is -0.0400. The molecule has 0 aromatic heterocycles. The van der Waals surface area contributed by atoms with Crippen molar-refractivity contribution < 1.29 is 19.4 Å². The Bertz CT molecular complexity index is 333. The van der Waals surface area contributed by atoms with Crippen LogP contribution < -0.4 is 5.73 Å². The van der Waals surface area contributed by atoms with Crippen LogP contribution in [0.5, 0.6) is 0 Å². The molecule has 0 bridgehead atoms. The quantitative estimate of drug-likeness (QED) is 0.736. The van der Waals surface area contributed by atoms with Crippen molar-refractivity contribution in [3.05, 3.63) is 0 Å². The minimum Gasteiger partial charge on any atom is -0.480 e. The number of hydrogen-bond acceptors (Lipinski definition) is 4. The standard InChI is InChI=1S/C12H20N2O4/c13-12(5-6-18-8-12)11(17)14(7-10(15)16)9-3-1-2-4-9/h9H,1-8,13H2,(H,15,16). The Morgan fingerprint density at radius 2 is 2.06 bits per heavy atom. The summed E-state index contributed by atoms with van der Waals surface area (Å²) >= 11 is 0. The smallest absolute Gasteiger partial charge is 0.323 e. The number of carboxylic acids is 1. The molecule has 6 heteroatoms. The first-order chi connectivity index (χ1) is 8.53. The van der Waals surface area contributed by atoms with Gasteiger partial charge in [0.2, 0.25) is 5.91 Å². The first-order valence-corrected chi connectivity index (χ1v) is 6.42. The normalized spacial score (nSPS) is 28.5. The molecule has 2 fully saturated rings. The molecule has 2 rings (SSSR count). The van der Waals surface area contributed by atoms with Crippen LogP contribution in [0.1, 0.15) is 32.1 Å². The monoisotopic (exact) mass is 256 g/mol. The molecule has 2 aliphatic rings. The predicted molar refractivity (Wildman–Crippen MR) is 64.0 cm³/mol. The van der Waals surface area contributed by atoms with Gasteiger partial charge in [0.15, 0.2) is 0 Å². The van der Waals surface area contributed by atoms with Gasteiger partial charge in [0, 0.05) is 12.6 Å². The maximum absolute atomic E-state index is 12.4. The van der Waals surface area contributed by atoms with Gasteiger partial charge in [-0.1, -0.05) is 12.8 Å². The summed E-state index contributed by atoms with van der Waals surface area (Å²) in [5.74, 6) is -1.26. The Labute approximate surface area is 106 Å². The van der Waals surface area contributed by atoms with Gasteiger partial charge < -0.3 is 20.5 Å². The number of aliphatic carboxylic acids is 1. The highest BCUT2D eigenvalue weighted by Crippen LogP contribution is 2.27. The van der Waals surface area contributed by atoms with E-state index in [4.69, 9.17) is 15.6 Å². The van der Waals surface area contributed by atoms with Gasteiger partial charge in [-0.15, -0.1) is 0 Å². The van der Waals surface area contributed by atoms with Crippen LogP contribution in [-0.4, -0.2) is 53.2 Å². The number of amides is 1. The molecule has 102 valence electrons. The summed E-state index contributed by atoms with van der Waals surface area (Å²) < 4.78 is 5.18. The first kappa shape index (κ1) is 13.3. The third kappa shape index (κ3) is 2.64. The molecule has 1 amide bonds. The molecule has 1 heterocycles. The van der Waals surface area contributed by atoms with Crippen LogP contribution in [0.4, 0.5) is 0 Å². The summed E-state index contributed by atoms with van der Waals surface area (Å²) in [4.78, 5) is 24.8. The van der Waals surface area contributed by atoms with Crippen molar-refractivity contribution in [1.82, 2.24) is 4.90 Å². The van der Waals surface area contributed by atoms with Gasteiger partial charge in [-0.05, 0) is 19.3 Å². The highest BCUT2D eigenvalue weighted by molar-refractivity contribution is 5.89. The van der Waals surface area contributed by atoms with Crippen molar-refractivity contribution in [1.29, 1.82) is 0 Å². The second kappa shape index (κ2) is 5.24. The molecule has 1 aliphatic carbocycles. The number of carbonyl (C=O) groups is 2. The summed E-state index contributed by atoms with van der Waals surface area (Å²) in [6.45, 7) is 0.394. The van der Waals surface area contributed by atoms with Gasteiger partial charge in [0.05, 0.1) is 6.61 Å². The van der Waals surface area contributed by atoms with Crippen molar-refractivity contribution in [2.75, 3.05) is 19.8 Å². The second-order valence-corrected chi connectivity index (χ2v) is 5.22. The lowest BCUT2D eigenvalue weighted by Gasteiger charge is -2.33. The Morgan fingerprint density at radius 1 is 1.39 bits per heavy atom. The molecule has 6 nitrogen and oxygen atoms in total. The van der Waals surface area contributed by atoms with E-state index in [0.29, 0.717) is 13.0 Å². The molecule has 1 atom stereocenters. The average molecular weight is 256 g/mol. The summed E-state index contributed by atoms with van der Waals surface area (Å²) in [7, 11) is 0. The van der Waals surface area contributed by atoms with Gasteiger partial charge in [0.25, 0.3) is 0 Å². The molecule has 0 spiro atoms. The van der Waals surface area contributed by atoms with Crippen molar-refractivity contribution >= 4 is 11.9 Å². The number of rotatable bonds is 4. The van der Waals surface area contributed by atoms with E-state index in [0.717, 1.165) is 25.7 Å². The Morgan fingerprint density at radius 3 is 2.56 bits per heavy atom. The Kier molecular flexibility index (Phi) is 3.87. The number of nitrogens with two attached hydrogens (primary N) is 1. The van der Waals surface area contributed by atoms with Crippen molar-refractivity contribution in [3.63, 3.8) is 0 Å². The lowest BCUT2D eigenvalue weighted by atomic mass is 9.97. The summed E-state index contributed by atoms with van der Waals surface area (Å²) in [5, 5.41) is 8.95. The van der Waals surface area contributed by atoms with Crippen LogP contribution in [0.25, 0.3) is 0 Å². The van der Waals surface area contributed by atoms with Gasteiger partial charge >= 0.3 is 5.97 Å². The number of nitrogens with zero attached hydrogens (tertiary/aromatic N) is 1. The van der Waals surface area contributed by atoms with Crippen molar-refractivity contribution in [2.24, 2.45) is 5.73 Å². The molecule has 3 N–H and O–H groups in total. The van der Waals surface area contributed by atoms with E-state index in [1.54, 1.807) is 0 Å². The van der Waals surface area contributed by atoms with Crippen LogP contribution in [0.15, 0.2) is 0 Å². The van der Waals surface area contributed by atoms with Crippen LogP contribution in [-0.2, 0) is 14.3 Å². The van der Waals surface area contributed by atoms with E-state index >= 15 is 0 Å². The molecule has 1 unspecified atom stereocenters. The van der Waals surface area contributed by atoms with E-state index in [2.05, 4.69) is 0 Å². The minimum atomic E-state index is -1.03. The number of carboxylic acid groups (broad SMARTS) is 1. The number of carbonyl (C=O) groups excluding carboxylic acids is 1. The summed E-state index contributed by atoms with van der Waals surface area (Å²) in [6.07, 6.45) is 4.30. The number of ether oxygens (including phenoxy) is 1. The highest BCUT2D eigenvalue weighted by Gasteiger charge is 2.43. The third-order valence-corrected chi connectivity index (χ3v) is 3.81. The van der Waals surface area contributed by atoms with Crippen LogP contribution >= 0.6 is 0 Å². The van der Waals surface area contributed by atoms with E-state index in [-0.39, 0.29) is 25.1 Å². The molecule has 18 heavy (non-hydrogen) atoms. The maximum atomic E-state index is 12.4. The van der Waals surface area contributed by atoms with E-state index in [1.165, 1.54) is 4.90 Å². The van der Waals surface area contributed by atoms with Crippen molar-refractivity contribution in [3.8, 4) is 0 Å². The zero-order valence-corrected chi connectivity index (χ0v) is 10.4. The SMILES string of the molecule is NC1(C(=O)N(CC(=O)O)C2CCCC2)CCOC1. The molecule has 1 saturated carbocycles. The van der Waals surface area contributed by atoms with Gasteiger partial charge in [0.1, 0.15) is 12.1 Å².